The number of hydrogen-bond donors (Lipinski definition) is 2. The zero-order valence-corrected chi connectivity index (χ0v) is 13.2. The number of ether oxygens (including phenoxy) is 1. The Kier molecular flexibility index (Phi) is 5.76. The van der Waals surface area contributed by atoms with E-state index in [1.54, 1.807) is 11.7 Å². The van der Waals surface area contributed by atoms with Crippen molar-refractivity contribution in [2.75, 3.05) is 13.7 Å². The van der Waals surface area contributed by atoms with Crippen LogP contribution in [-0.4, -0.2) is 34.4 Å². The number of aromatic nitrogens is 3. The standard InChI is InChI=1S/C15H22N6O/c1-4-22-13-8-6-5-7-12(13)9-17-15(16-2)18-10-14-19-11-20-21(14)3/h5-8,11H,4,9-10H2,1-3H3,(H2,16,17,18). The first-order valence-corrected chi connectivity index (χ1v) is 7.22. The van der Waals surface area contributed by atoms with Gasteiger partial charge in [-0.15, -0.1) is 0 Å². The molecule has 0 saturated carbocycles. The van der Waals surface area contributed by atoms with Gasteiger partial charge in [-0.2, -0.15) is 5.10 Å². The van der Waals surface area contributed by atoms with Crippen LogP contribution in [0.25, 0.3) is 0 Å². The van der Waals surface area contributed by atoms with Crippen LogP contribution < -0.4 is 15.4 Å². The van der Waals surface area contributed by atoms with E-state index in [1.807, 2.05) is 38.2 Å². The number of guanidine groups is 1. The number of aliphatic imine (C=N–C) groups is 1. The van der Waals surface area contributed by atoms with Gasteiger partial charge in [0.1, 0.15) is 17.9 Å². The number of hydrogen-bond acceptors (Lipinski definition) is 4. The fourth-order valence-electron chi connectivity index (χ4n) is 1.99. The van der Waals surface area contributed by atoms with Crippen molar-refractivity contribution in [1.82, 2.24) is 25.4 Å². The summed E-state index contributed by atoms with van der Waals surface area (Å²) in [7, 11) is 3.60. The molecule has 0 spiro atoms. The molecule has 0 radical (unpaired) electrons. The highest BCUT2D eigenvalue weighted by atomic mass is 16.5. The summed E-state index contributed by atoms with van der Waals surface area (Å²) in [5.74, 6) is 2.44. The summed E-state index contributed by atoms with van der Waals surface area (Å²) in [5, 5.41) is 10.5. The Morgan fingerprint density at radius 1 is 1.27 bits per heavy atom. The van der Waals surface area contributed by atoms with Crippen molar-refractivity contribution in [3.63, 3.8) is 0 Å². The second-order valence-electron chi connectivity index (χ2n) is 4.62. The minimum atomic E-state index is 0.559. The molecule has 22 heavy (non-hydrogen) atoms. The molecule has 0 fully saturated rings. The lowest BCUT2D eigenvalue weighted by Gasteiger charge is -2.14. The summed E-state index contributed by atoms with van der Waals surface area (Å²) < 4.78 is 7.34. The molecular weight excluding hydrogens is 280 g/mol. The number of rotatable bonds is 6. The predicted molar refractivity (Wildman–Crippen MR) is 85.7 cm³/mol. The van der Waals surface area contributed by atoms with Gasteiger partial charge in [-0.25, -0.2) is 4.98 Å². The molecule has 0 saturated heterocycles. The van der Waals surface area contributed by atoms with Crippen molar-refractivity contribution in [3.8, 4) is 5.75 Å². The van der Waals surface area contributed by atoms with Gasteiger partial charge in [0.25, 0.3) is 0 Å². The number of nitrogens with zero attached hydrogens (tertiary/aromatic N) is 4. The molecule has 0 aliphatic rings. The van der Waals surface area contributed by atoms with E-state index in [0.717, 1.165) is 17.1 Å². The van der Waals surface area contributed by atoms with Crippen molar-refractivity contribution in [2.45, 2.75) is 20.0 Å². The fourth-order valence-corrected chi connectivity index (χ4v) is 1.99. The van der Waals surface area contributed by atoms with Crippen LogP contribution in [0.1, 0.15) is 18.3 Å². The first kappa shape index (κ1) is 15.8. The molecule has 0 unspecified atom stereocenters. The molecule has 118 valence electrons. The van der Waals surface area contributed by atoms with Gasteiger partial charge in [0.05, 0.1) is 13.2 Å². The van der Waals surface area contributed by atoms with E-state index in [4.69, 9.17) is 4.74 Å². The fraction of sp³-hybridized carbons (Fsp3) is 0.400. The van der Waals surface area contributed by atoms with Crippen LogP contribution in [-0.2, 0) is 20.1 Å². The topological polar surface area (TPSA) is 76.4 Å². The quantitative estimate of drug-likeness (QED) is 0.617. The molecule has 7 heteroatoms. The Morgan fingerprint density at radius 2 is 2.05 bits per heavy atom. The smallest absolute Gasteiger partial charge is 0.191 e. The highest BCUT2D eigenvalue weighted by Gasteiger charge is 2.05. The molecule has 0 amide bonds. The average Bonchev–Trinajstić information content (AvgIpc) is 2.94. The summed E-state index contributed by atoms with van der Waals surface area (Å²) in [6, 6.07) is 7.97. The molecule has 0 aliphatic carbocycles. The zero-order valence-electron chi connectivity index (χ0n) is 13.2. The van der Waals surface area contributed by atoms with E-state index < -0.39 is 0 Å². The lowest BCUT2D eigenvalue weighted by molar-refractivity contribution is 0.336. The van der Waals surface area contributed by atoms with E-state index in [9.17, 15) is 0 Å². The average molecular weight is 302 g/mol. The van der Waals surface area contributed by atoms with Crippen LogP contribution in [0.3, 0.4) is 0 Å². The van der Waals surface area contributed by atoms with E-state index in [2.05, 4.69) is 25.7 Å². The van der Waals surface area contributed by atoms with Gasteiger partial charge in [-0.1, -0.05) is 18.2 Å². The number of nitrogens with one attached hydrogen (secondary N) is 2. The van der Waals surface area contributed by atoms with E-state index in [0.29, 0.717) is 25.7 Å². The predicted octanol–water partition coefficient (Wildman–Crippen LogP) is 1.08. The van der Waals surface area contributed by atoms with Gasteiger partial charge in [0.2, 0.25) is 0 Å². The first-order chi connectivity index (χ1) is 10.7. The van der Waals surface area contributed by atoms with Crippen molar-refractivity contribution in [3.05, 3.63) is 42.0 Å². The Balaban J connectivity index is 1.90. The molecule has 7 nitrogen and oxygen atoms in total. The zero-order chi connectivity index (χ0) is 15.8. The van der Waals surface area contributed by atoms with Gasteiger partial charge in [-0.05, 0) is 13.0 Å². The minimum Gasteiger partial charge on any atom is -0.494 e. The van der Waals surface area contributed by atoms with Gasteiger partial charge < -0.3 is 15.4 Å². The minimum absolute atomic E-state index is 0.559. The Morgan fingerprint density at radius 3 is 2.73 bits per heavy atom. The molecule has 0 aliphatic heterocycles. The molecular formula is C15H22N6O. The van der Waals surface area contributed by atoms with Crippen LogP contribution >= 0.6 is 0 Å². The SMILES string of the molecule is CCOc1ccccc1CNC(=NC)NCc1ncnn1C. The Bertz CT molecular complexity index is 622. The summed E-state index contributed by atoms with van der Waals surface area (Å²) in [4.78, 5) is 8.37. The molecule has 2 N–H and O–H groups in total. The number of benzene rings is 1. The van der Waals surface area contributed by atoms with Gasteiger partial charge in [0.15, 0.2) is 5.96 Å². The van der Waals surface area contributed by atoms with E-state index >= 15 is 0 Å². The summed E-state index contributed by atoms with van der Waals surface area (Å²) in [6.07, 6.45) is 1.53. The molecule has 1 aromatic heterocycles. The summed E-state index contributed by atoms with van der Waals surface area (Å²) >= 11 is 0. The molecule has 2 aromatic rings. The summed E-state index contributed by atoms with van der Waals surface area (Å²) in [5.41, 5.74) is 1.09. The third-order valence-electron chi connectivity index (χ3n) is 3.16. The molecule has 2 rings (SSSR count). The lowest BCUT2D eigenvalue weighted by atomic mass is 10.2. The Hall–Kier alpha value is -2.57. The van der Waals surface area contributed by atoms with Crippen LogP contribution in [0.15, 0.2) is 35.6 Å². The van der Waals surface area contributed by atoms with Gasteiger partial charge in [-0.3, -0.25) is 9.67 Å². The van der Waals surface area contributed by atoms with Gasteiger partial charge >= 0.3 is 0 Å². The van der Waals surface area contributed by atoms with Crippen molar-refractivity contribution in [1.29, 1.82) is 0 Å². The largest absolute Gasteiger partial charge is 0.494 e. The molecule has 0 atom stereocenters. The van der Waals surface area contributed by atoms with Crippen molar-refractivity contribution >= 4 is 5.96 Å². The first-order valence-electron chi connectivity index (χ1n) is 7.22. The maximum atomic E-state index is 5.62. The van der Waals surface area contributed by atoms with Crippen molar-refractivity contribution in [2.24, 2.45) is 12.0 Å². The number of aryl methyl sites for hydroxylation is 1. The van der Waals surface area contributed by atoms with Gasteiger partial charge in [0, 0.05) is 26.2 Å². The summed E-state index contributed by atoms with van der Waals surface area (Å²) in [6.45, 7) is 3.82. The number of para-hydroxylation sites is 1. The van der Waals surface area contributed by atoms with Crippen LogP contribution in [0.4, 0.5) is 0 Å². The van der Waals surface area contributed by atoms with Crippen molar-refractivity contribution < 1.29 is 4.74 Å². The highest BCUT2D eigenvalue weighted by Crippen LogP contribution is 2.17. The van der Waals surface area contributed by atoms with Crippen LogP contribution in [0.2, 0.25) is 0 Å². The highest BCUT2D eigenvalue weighted by molar-refractivity contribution is 5.79. The molecule has 1 aromatic carbocycles. The Labute approximate surface area is 130 Å². The third-order valence-corrected chi connectivity index (χ3v) is 3.16. The van der Waals surface area contributed by atoms with Crippen LogP contribution in [0, 0.1) is 0 Å². The van der Waals surface area contributed by atoms with Crippen LogP contribution in [0.5, 0.6) is 5.75 Å². The maximum absolute atomic E-state index is 5.62. The maximum Gasteiger partial charge on any atom is 0.191 e. The lowest BCUT2D eigenvalue weighted by Crippen LogP contribution is -2.37. The van der Waals surface area contributed by atoms with E-state index in [-0.39, 0.29) is 0 Å². The normalized spacial score (nSPS) is 11.3. The molecule has 0 bridgehead atoms. The third kappa shape index (κ3) is 4.21. The second-order valence-corrected chi connectivity index (χ2v) is 4.62. The second kappa shape index (κ2) is 8.02. The monoisotopic (exact) mass is 302 g/mol. The molecule has 1 heterocycles. The van der Waals surface area contributed by atoms with E-state index in [1.165, 1.54) is 6.33 Å².